The summed E-state index contributed by atoms with van der Waals surface area (Å²) in [6.45, 7) is 2.26. The van der Waals surface area contributed by atoms with Gasteiger partial charge in [0.1, 0.15) is 5.69 Å². The minimum absolute atomic E-state index is 0.0263. The lowest BCUT2D eigenvalue weighted by molar-refractivity contribution is -0.384. The van der Waals surface area contributed by atoms with Crippen molar-refractivity contribution in [1.29, 1.82) is 0 Å². The first-order chi connectivity index (χ1) is 11.6. The van der Waals surface area contributed by atoms with Crippen molar-refractivity contribution >= 4 is 23.3 Å². The quantitative estimate of drug-likeness (QED) is 0.453. The van der Waals surface area contributed by atoms with Gasteiger partial charge in [0.25, 0.3) is 5.69 Å². The van der Waals surface area contributed by atoms with E-state index < -0.39 is 23.0 Å². The molecular formula is C15H16N2O7. The van der Waals surface area contributed by atoms with Crippen LogP contribution in [0.4, 0.5) is 11.4 Å². The minimum atomic E-state index is -0.949. The van der Waals surface area contributed by atoms with Gasteiger partial charge in [-0.2, -0.15) is 0 Å². The fourth-order valence-electron chi connectivity index (χ4n) is 2.65. The van der Waals surface area contributed by atoms with Crippen molar-refractivity contribution in [3.8, 4) is 0 Å². The van der Waals surface area contributed by atoms with Crippen LogP contribution in [0.5, 0.6) is 0 Å². The summed E-state index contributed by atoms with van der Waals surface area (Å²) in [5.74, 6) is -1.38. The Morgan fingerprint density at radius 1 is 1.29 bits per heavy atom. The van der Waals surface area contributed by atoms with Crippen LogP contribution in [-0.4, -0.2) is 55.9 Å². The number of anilines is 1. The molecule has 1 atom stereocenters. The number of carbonyl (C=O) groups is 2. The maximum Gasteiger partial charge on any atom is 0.347 e. The van der Waals surface area contributed by atoms with Gasteiger partial charge in [0.15, 0.2) is 0 Å². The third kappa shape index (κ3) is 3.30. The van der Waals surface area contributed by atoms with Gasteiger partial charge >= 0.3 is 11.9 Å². The van der Waals surface area contributed by atoms with Crippen molar-refractivity contribution in [2.24, 2.45) is 0 Å². The highest BCUT2D eigenvalue weighted by molar-refractivity contribution is 5.93. The molecule has 2 heterocycles. The normalized spacial score (nSPS) is 20.6. The summed E-state index contributed by atoms with van der Waals surface area (Å²) in [5.41, 5.74) is 0.277. The third-order valence-corrected chi connectivity index (χ3v) is 3.90. The Bertz CT molecular complexity index is 670. The van der Waals surface area contributed by atoms with Crippen molar-refractivity contribution in [1.82, 2.24) is 0 Å². The molecule has 0 bridgehead atoms. The SMILES string of the molecule is O=C(OC1CCOC1=O)c1ccc(N2CCOCC2)c([N+](=O)[O-])c1. The zero-order chi connectivity index (χ0) is 17.1. The number of nitro groups is 1. The standard InChI is InChI=1S/C15H16N2O7/c18-14(24-13-3-6-23-15(13)19)10-1-2-11(12(9-10)17(20)21)16-4-7-22-8-5-16/h1-2,9,13H,3-8H2. The van der Waals surface area contributed by atoms with Crippen LogP contribution >= 0.6 is 0 Å². The number of hydrogen-bond donors (Lipinski definition) is 0. The lowest BCUT2D eigenvalue weighted by Gasteiger charge is -2.28. The molecule has 3 rings (SSSR count). The summed E-state index contributed by atoms with van der Waals surface area (Å²) in [6.07, 6.45) is -0.658. The van der Waals surface area contributed by atoms with Crippen LogP contribution in [0.15, 0.2) is 18.2 Å². The second-order valence-electron chi connectivity index (χ2n) is 5.41. The Hall–Kier alpha value is -2.68. The van der Waals surface area contributed by atoms with E-state index in [1.165, 1.54) is 18.2 Å². The molecule has 2 fully saturated rings. The molecule has 1 aromatic rings. The largest absolute Gasteiger partial charge is 0.463 e. The van der Waals surface area contributed by atoms with E-state index in [9.17, 15) is 19.7 Å². The van der Waals surface area contributed by atoms with Crippen LogP contribution in [0.2, 0.25) is 0 Å². The highest BCUT2D eigenvalue weighted by Gasteiger charge is 2.31. The number of esters is 2. The van der Waals surface area contributed by atoms with Crippen molar-refractivity contribution in [3.05, 3.63) is 33.9 Å². The second-order valence-corrected chi connectivity index (χ2v) is 5.41. The maximum absolute atomic E-state index is 12.1. The van der Waals surface area contributed by atoms with E-state index in [1.807, 2.05) is 4.90 Å². The molecule has 0 N–H and O–H groups in total. The zero-order valence-corrected chi connectivity index (χ0v) is 12.8. The molecular weight excluding hydrogens is 320 g/mol. The summed E-state index contributed by atoms with van der Waals surface area (Å²) in [4.78, 5) is 36.1. The molecule has 0 saturated carbocycles. The first kappa shape index (κ1) is 16.2. The number of rotatable bonds is 4. The van der Waals surface area contributed by atoms with Gasteiger partial charge in [-0.15, -0.1) is 0 Å². The van der Waals surface area contributed by atoms with Crippen LogP contribution in [0, 0.1) is 10.1 Å². The first-order valence-corrected chi connectivity index (χ1v) is 7.55. The monoisotopic (exact) mass is 336 g/mol. The van der Waals surface area contributed by atoms with Crippen LogP contribution in [0.1, 0.15) is 16.8 Å². The summed E-state index contributed by atoms with van der Waals surface area (Å²) >= 11 is 0. The van der Waals surface area contributed by atoms with E-state index in [4.69, 9.17) is 14.2 Å². The molecule has 1 aromatic carbocycles. The number of carbonyl (C=O) groups excluding carboxylic acids is 2. The number of cyclic esters (lactones) is 1. The summed E-state index contributed by atoms with van der Waals surface area (Å²) in [5, 5.41) is 11.4. The molecule has 24 heavy (non-hydrogen) atoms. The molecule has 128 valence electrons. The van der Waals surface area contributed by atoms with E-state index in [1.54, 1.807) is 0 Å². The van der Waals surface area contributed by atoms with Crippen LogP contribution < -0.4 is 4.90 Å². The molecule has 1 unspecified atom stereocenters. The fourth-order valence-corrected chi connectivity index (χ4v) is 2.65. The van der Waals surface area contributed by atoms with Crippen molar-refractivity contribution < 1.29 is 28.7 Å². The summed E-state index contributed by atoms with van der Waals surface area (Å²) < 4.78 is 15.0. The molecule has 2 aliphatic rings. The van der Waals surface area contributed by atoms with Crippen LogP contribution in [0.25, 0.3) is 0 Å². The first-order valence-electron chi connectivity index (χ1n) is 7.55. The Balaban J connectivity index is 1.81. The number of morpholine rings is 1. The van der Waals surface area contributed by atoms with E-state index in [0.717, 1.165) is 0 Å². The fraction of sp³-hybridized carbons (Fsp3) is 0.467. The van der Waals surface area contributed by atoms with E-state index in [-0.39, 0.29) is 17.9 Å². The number of benzene rings is 1. The molecule has 0 aromatic heterocycles. The predicted molar refractivity (Wildman–Crippen MR) is 80.9 cm³/mol. The molecule has 0 radical (unpaired) electrons. The van der Waals surface area contributed by atoms with Gasteiger partial charge in [-0.25, -0.2) is 9.59 Å². The Labute approximate surface area is 137 Å². The Morgan fingerprint density at radius 3 is 2.67 bits per heavy atom. The molecule has 0 amide bonds. The minimum Gasteiger partial charge on any atom is -0.463 e. The smallest absolute Gasteiger partial charge is 0.347 e. The maximum atomic E-state index is 12.1. The molecule has 9 heteroatoms. The second kappa shape index (κ2) is 6.83. The van der Waals surface area contributed by atoms with Gasteiger partial charge in [-0.1, -0.05) is 0 Å². The number of hydrogen-bond acceptors (Lipinski definition) is 8. The highest BCUT2D eigenvalue weighted by atomic mass is 16.6. The Kier molecular flexibility index (Phi) is 4.61. The lowest BCUT2D eigenvalue weighted by atomic mass is 10.1. The van der Waals surface area contributed by atoms with Gasteiger partial charge in [0.05, 0.1) is 30.3 Å². The van der Waals surface area contributed by atoms with E-state index in [2.05, 4.69) is 0 Å². The van der Waals surface area contributed by atoms with Crippen LogP contribution in [-0.2, 0) is 19.0 Å². The molecule has 0 aliphatic carbocycles. The van der Waals surface area contributed by atoms with Crippen LogP contribution in [0.3, 0.4) is 0 Å². The predicted octanol–water partition coefficient (Wildman–Crippen LogP) is 0.904. The van der Waals surface area contributed by atoms with Crippen molar-refractivity contribution in [2.45, 2.75) is 12.5 Å². The topological polar surface area (TPSA) is 108 Å². The summed E-state index contributed by atoms with van der Waals surface area (Å²) in [6, 6.07) is 4.15. The molecule has 9 nitrogen and oxygen atoms in total. The van der Waals surface area contributed by atoms with Gasteiger partial charge in [0.2, 0.25) is 6.10 Å². The van der Waals surface area contributed by atoms with Crippen molar-refractivity contribution in [3.63, 3.8) is 0 Å². The Morgan fingerprint density at radius 2 is 2.04 bits per heavy atom. The lowest BCUT2D eigenvalue weighted by Crippen LogP contribution is -2.36. The highest BCUT2D eigenvalue weighted by Crippen LogP contribution is 2.30. The number of nitrogens with zero attached hydrogens (tertiary/aromatic N) is 2. The van der Waals surface area contributed by atoms with Gasteiger partial charge in [-0.05, 0) is 12.1 Å². The zero-order valence-electron chi connectivity index (χ0n) is 12.8. The molecule has 0 spiro atoms. The van der Waals surface area contributed by atoms with E-state index in [0.29, 0.717) is 38.4 Å². The molecule has 2 saturated heterocycles. The average Bonchev–Trinajstić information content (AvgIpc) is 3.00. The summed E-state index contributed by atoms with van der Waals surface area (Å²) in [7, 11) is 0. The average molecular weight is 336 g/mol. The van der Waals surface area contributed by atoms with Gasteiger partial charge < -0.3 is 19.1 Å². The van der Waals surface area contributed by atoms with Crippen molar-refractivity contribution in [2.75, 3.05) is 37.8 Å². The third-order valence-electron chi connectivity index (χ3n) is 3.90. The molecule has 2 aliphatic heterocycles. The van der Waals surface area contributed by atoms with E-state index >= 15 is 0 Å². The van der Waals surface area contributed by atoms with Gasteiger partial charge in [0, 0.05) is 25.6 Å². The number of nitro benzene ring substituents is 1. The number of ether oxygens (including phenoxy) is 3. The van der Waals surface area contributed by atoms with Gasteiger partial charge in [-0.3, -0.25) is 10.1 Å².